The van der Waals surface area contributed by atoms with Gasteiger partial charge in [-0.1, -0.05) is 31.9 Å². The summed E-state index contributed by atoms with van der Waals surface area (Å²) in [6, 6.07) is 0. The van der Waals surface area contributed by atoms with Gasteiger partial charge in [-0.05, 0) is 12.8 Å². The predicted octanol–water partition coefficient (Wildman–Crippen LogP) is 3.05. The highest BCUT2D eigenvalue weighted by Crippen LogP contribution is 2.01. The standard InChI is InChI=1S/C10H17FO/c1-2-3-4-5-6-7-8-10(11)9-12/h6-7,9-10H,2-5,8H2,1H3/b7-6+/t10-/m0/s1. The topological polar surface area (TPSA) is 17.1 Å². The second kappa shape index (κ2) is 8.44. The van der Waals surface area contributed by atoms with E-state index in [0.717, 1.165) is 12.8 Å². The Balaban J connectivity index is 3.19. The molecular formula is C10H17FO. The lowest BCUT2D eigenvalue weighted by molar-refractivity contribution is -0.111. The van der Waals surface area contributed by atoms with E-state index in [4.69, 9.17) is 0 Å². The molecule has 0 heterocycles. The van der Waals surface area contributed by atoms with Crippen molar-refractivity contribution in [3.05, 3.63) is 12.2 Å². The zero-order valence-corrected chi connectivity index (χ0v) is 7.63. The number of carbonyl (C=O) groups is 1. The van der Waals surface area contributed by atoms with Crippen molar-refractivity contribution in [1.29, 1.82) is 0 Å². The molecule has 0 radical (unpaired) electrons. The third-order valence-electron chi connectivity index (χ3n) is 1.65. The molecule has 0 aliphatic heterocycles. The summed E-state index contributed by atoms with van der Waals surface area (Å²) in [5.74, 6) is 0. The number of carbonyl (C=O) groups excluding carboxylic acids is 1. The van der Waals surface area contributed by atoms with Crippen LogP contribution in [0.25, 0.3) is 0 Å². The van der Waals surface area contributed by atoms with Crippen LogP contribution in [-0.2, 0) is 4.79 Å². The van der Waals surface area contributed by atoms with Gasteiger partial charge in [0.05, 0.1) is 0 Å². The highest BCUT2D eigenvalue weighted by Gasteiger charge is 1.98. The lowest BCUT2D eigenvalue weighted by Gasteiger charge is -1.93. The molecule has 0 unspecified atom stereocenters. The van der Waals surface area contributed by atoms with Crippen molar-refractivity contribution in [2.75, 3.05) is 0 Å². The van der Waals surface area contributed by atoms with Crippen molar-refractivity contribution >= 4 is 6.29 Å². The van der Waals surface area contributed by atoms with Gasteiger partial charge in [0.1, 0.15) is 0 Å². The summed E-state index contributed by atoms with van der Waals surface area (Å²) in [7, 11) is 0. The molecule has 0 aliphatic carbocycles. The van der Waals surface area contributed by atoms with Gasteiger partial charge >= 0.3 is 0 Å². The molecule has 0 rings (SSSR count). The minimum absolute atomic E-state index is 0.232. The normalized spacial score (nSPS) is 13.5. The first-order chi connectivity index (χ1) is 5.81. The fourth-order valence-electron chi connectivity index (χ4n) is 0.912. The summed E-state index contributed by atoms with van der Waals surface area (Å²) in [4.78, 5) is 9.86. The second-order valence-electron chi connectivity index (χ2n) is 2.85. The second-order valence-corrected chi connectivity index (χ2v) is 2.85. The Kier molecular flexibility index (Phi) is 7.97. The molecule has 2 heteroatoms. The van der Waals surface area contributed by atoms with Crippen molar-refractivity contribution in [1.82, 2.24) is 0 Å². The number of hydrogen-bond acceptors (Lipinski definition) is 1. The lowest BCUT2D eigenvalue weighted by Crippen LogP contribution is -1.97. The third kappa shape index (κ3) is 7.45. The molecule has 0 aromatic rings. The molecule has 0 aromatic heterocycles. The van der Waals surface area contributed by atoms with E-state index in [9.17, 15) is 9.18 Å². The summed E-state index contributed by atoms with van der Waals surface area (Å²) in [5, 5.41) is 0. The van der Waals surface area contributed by atoms with E-state index in [-0.39, 0.29) is 6.42 Å². The van der Waals surface area contributed by atoms with Gasteiger partial charge in [-0.25, -0.2) is 4.39 Å². The summed E-state index contributed by atoms with van der Waals surface area (Å²) < 4.78 is 12.3. The quantitative estimate of drug-likeness (QED) is 0.328. The Bertz CT molecular complexity index is 132. The number of rotatable bonds is 7. The van der Waals surface area contributed by atoms with Crippen LogP contribution in [0.5, 0.6) is 0 Å². The van der Waals surface area contributed by atoms with Gasteiger partial charge in [-0.2, -0.15) is 0 Å². The van der Waals surface area contributed by atoms with E-state index in [2.05, 4.69) is 6.92 Å². The fraction of sp³-hybridized carbons (Fsp3) is 0.700. The summed E-state index contributed by atoms with van der Waals surface area (Å²) >= 11 is 0. The first-order valence-electron chi connectivity index (χ1n) is 4.55. The highest BCUT2D eigenvalue weighted by molar-refractivity contribution is 5.55. The van der Waals surface area contributed by atoms with Crippen LogP contribution in [0.15, 0.2) is 12.2 Å². The van der Waals surface area contributed by atoms with Crippen molar-refractivity contribution in [3.8, 4) is 0 Å². The lowest BCUT2D eigenvalue weighted by atomic mass is 10.2. The smallest absolute Gasteiger partial charge is 0.158 e. The SMILES string of the molecule is CCCCC/C=C/C[C@H](F)C=O. The minimum Gasteiger partial charge on any atom is -0.300 e. The van der Waals surface area contributed by atoms with Gasteiger partial charge in [0, 0.05) is 6.42 Å². The van der Waals surface area contributed by atoms with Crippen molar-refractivity contribution < 1.29 is 9.18 Å². The zero-order chi connectivity index (χ0) is 9.23. The van der Waals surface area contributed by atoms with Crippen LogP contribution in [0.4, 0.5) is 4.39 Å². The zero-order valence-electron chi connectivity index (χ0n) is 7.63. The number of halogens is 1. The summed E-state index contributed by atoms with van der Waals surface area (Å²) in [6.45, 7) is 2.15. The van der Waals surface area contributed by atoms with E-state index in [1.54, 1.807) is 6.08 Å². The fourth-order valence-corrected chi connectivity index (χ4v) is 0.912. The molecule has 0 saturated carbocycles. The molecule has 0 N–H and O–H groups in total. The maximum Gasteiger partial charge on any atom is 0.158 e. The average Bonchev–Trinajstić information content (AvgIpc) is 2.10. The summed E-state index contributed by atoms with van der Waals surface area (Å²) in [5.41, 5.74) is 0. The number of unbranched alkanes of at least 4 members (excludes halogenated alkanes) is 3. The van der Waals surface area contributed by atoms with Crippen LogP contribution in [0.2, 0.25) is 0 Å². The first-order valence-corrected chi connectivity index (χ1v) is 4.55. The van der Waals surface area contributed by atoms with E-state index in [0.29, 0.717) is 6.29 Å². The Morgan fingerprint density at radius 3 is 2.67 bits per heavy atom. The van der Waals surface area contributed by atoms with Gasteiger partial charge in [-0.15, -0.1) is 0 Å². The van der Waals surface area contributed by atoms with Crippen molar-refractivity contribution in [3.63, 3.8) is 0 Å². The van der Waals surface area contributed by atoms with E-state index < -0.39 is 6.17 Å². The van der Waals surface area contributed by atoms with Crippen LogP contribution in [-0.4, -0.2) is 12.5 Å². The van der Waals surface area contributed by atoms with Gasteiger partial charge < -0.3 is 4.79 Å². The highest BCUT2D eigenvalue weighted by atomic mass is 19.1. The average molecular weight is 172 g/mol. The van der Waals surface area contributed by atoms with Gasteiger partial charge in [-0.3, -0.25) is 0 Å². The molecule has 0 fully saturated rings. The van der Waals surface area contributed by atoms with Crippen LogP contribution < -0.4 is 0 Å². The van der Waals surface area contributed by atoms with Crippen molar-refractivity contribution in [2.24, 2.45) is 0 Å². The first kappa shape index (κ1) is 11.3. The van der Waals surface area contributed by atoms with E-state index in [1.165, 1.54) is 12.8 Å². The number of alkyl halides is 1. The van der Waals surface area contributed by atoms with Crippen LogP contribution in [0.1, 0.15) is 39.0 Å². The molecule has 0 aromatic carbocycles. The summed E-state index contributed by atoms with van der Waals surface area (Å²) in [6.07, 6.45) is 7.54. The number of hydrogen-bond donors (Lipinski definition) is 0. The molecule has 12 heavy (non-hydrogen) atoms. The molecule has 70 valence electrons. The monoisotopic (exact) mass is 172 g/mol. The maximum atomic E-state index is 12.3. The number of allylic oxidation sites excluding steroid dienone is 2. The molecule has 0 aliphatic rings. The van der Waals surface area contributed by atoms with Gasteiger partial charge in [0.2, 0.25) is 0 Å². The molecule has 1 nitrogen and oxygen atoms in total. The van der Waals surface area contributed by atoms with Crippen LogP contribution >= 0.6 is 0 Å². The molecular weight excluding hydrogens is 155 g/mol. The minimum atomic E-state index is -1.31. The molecule has 0 bridgehead atoms. The molecule has 1 atom stereocenters. The van der Waals surface area contributed by atoms with Crippen molar-refractivity contribution in [2.45, 2.75) is 45.2 Å². The van der Waals surface area contributed by atoms with Crippen LogP contribution in [0.3, 0.4) is 0 Å². The van der Waals surface area contributed by atoms with Gasteiger partial charge in [0.15, 0.2) is 12.5 Å². The van der Waals surface area contributed by atoms with E-state index in [1.807, 2.05) is 6.08 Å². The van der Waals surface area contributed by atoms with Gasteiger partial charge in [0.25, 0.3) is 0 Å². The Hall–Kier alpha value is -0.660. The van der Waals surface area contributed by atoms with E-state index >= 15 is 0 Å². The molecule has 0 amide bonds. The predicted molar refractivity (Wildman–Crippen MR) is 48.9 cm³/mol. The number of aldehydes is 1. The largest absolute Gasteiger partial charge is 0.300 e. The molecule has 0 saturated heterocycles. The Morgan fingerprint density at radius 2 is 2.08 bits per heavy atom. The van der Waals surface area contributed by atoms with Crippen LogP contribution in [0, 0.1) is 0 Å². The Morgan fingerprint density at radius 1 is 1.33 bits per heavy atom. The maximum absolute atomic E-state index is 12.3. The molecule has 0 spiro atoms. The third-order valence-corrected chi connectivity index (χ3v) is 1.65. The Labute approximate surface area is 73.7 Å².